The molecule has 30 heavy (non-hydrogen) atoms. The molecule has 1 unspecified atom stereocenters. The van der Waals surface area contributed by atoms with Crippen molar-refractivity contribution in [2.45, 2.75) is 5.92 Å². The number of para-hydroxylation sites is 1. The molecule has 0 aromatic heterocycles. The summed E-state index contributed by atoms with van der Waals surface area (Å²) in [4.78, 5) is 4.45. The number of aliphatic imine (C=N–C) groups is 1. The molecular weight excluding hydrogens is 543 g/mol. The van der Waals surface area contributed by atoms with E-state index >= 15 is 0 Å². The van der Waals surface area contributed by atoms with Gasteiger partial charge in [0.2, 0.25) is 5.90 Å². The molecular formula is C23H14IN3O2Zn. The number of benzene rings is 3. The van der Waals surface area contributed by atoms with Crippen LogP contribution in [0.15, 0.2) is 77.3 Å². The number of hydrogen-bond donors (Lipinski definition) is 1. The second-order valence-corrected chi connectivity index (χ2v) is 7.60. The quantitative estimate of drug-likeness (QED) is 0.286. The van der Waals surface area contributed by atoms with Crippen molar-refractivity contribution in [1.82, 2.24) is 0 Å². The Morgan fingerprint density at radius 3 is 2.50 bits per heavy atom. The van der Waals surface area contributed by atoms with Gasteiger partial charge in [0, 0.05) is 26.8 Å². The van der Waals surface area contributed by atoms with Gasteiger partial charge in [-0.1, -0.05) is 48.2 Å². The maximum absolute atomic E-state index is 12.6. The standard InChI is InChI=1S/C23H15IN3O2.Zn/c24-18-8-4-5-9-19(18)27-13-15-10-16-21(11-20(15)28)29-23(26)17(12-25)22(16)14-6-2-1-3-7-14;/h1-11,13,22,26,28H;/q-1;+2/p-1. The van der Waals surface area contributed by atoms with Gasteiger partial charge in [-0.15, -0.1) is 0 Å². The van der Waals surface area contributed by atoms with Gasteiger partial charge in [-0.25, -0.2) is 0 Å². The summed E-state index contributed by atoms with van der Waals surface area (Å²) in [7, 11) is 0. The van der Waals surface area contributed by atoms with Gasteiger partial charge in [-0.3, -0.25) is 16.3 Å². The van der Waals surface area contributed by atoms with Crippen LogP contribution < -0.4 is 9.84 Å². The van der Waals surface area contributed by atoms with Crippen molar-refractivity contribution >= 4 is 46.3 Å². The van der Waals surface area contributed by atoms with Crippen LogP contribution >= 0.6 is 22.6 Å². The molecule has 0 aliphatic carbocycles. The fourth-order valence-corrected chi connectivity index (χ4v) is 3.79. The molecule has 142 valence electrons. The first-order valence-electron chi connectivity index (χ1n) is 8.80. The third-order valence-electron chi connectivity index (χ3n) is 4.65. The van der Waals surface area contributed by atoms with Crippen molar-refractivity contribution < 1.29 is 29.3 Å². The van der Waals surface area contributed by atoms with Gasteiger partial charge in [-0.2, -0.15) is 0 Å². The predicted molar refractivity (Wildman–Crippen MR) is 121 cm³/mol. The Bertz CT molecular complexity index is 1190. The molecule has 7 heteroatoms. The third-order valence-corrected chi connectivity index (χ3v) is 5.56. The van der Waals surface area contributed by atoms with Gasteiger partial charge in [0.15, 0.2) is 0 Å². The number of hydrogen-bond acceptors (Lipinski definition) is 4. The maximum Gasteiger partial charge on any atom is 2.00 e. The van der Waals surface area contributed by atoms with Crippen molar-refractivity contribution in [2.75, 3.05) is 0 Å². The summed E-state index contributed by atoms with van der Waals surface area (Å²) >= 11 is 2.19. The molecule has 5 nitrogen and oxygen atoms in total. The molecule has 1 heterocycles. The van der Waals surface area contributed by atoms with E-state index in [0.717, 1.165) is 14.8 Å². The van der Waals surface area contributed by atoms with Gasteiger partial charge in [0.05, 0.1) is 5.69 Å². The van der Waals surface area contributed by atoms with E-state index in [9.17, 15) is 10.5 Å². The van der Waals surface area contributed by atoms with Gasteiger partial charge in [0.1, 0.15) is 5.75 Å². The summed E-state index contributed by atoms with van der Waals surface area (Å²) in [5, 5.41) is 30.3. The first kappa shape index (κ1) is 22.1. The topological polar surface area (TPSA) is 90.8 Å². The smallest absolute Gasteiger partial charge is 0.872 e. The second kappa shape index (κ2) is 9.48. The van der Waals surface area contributed by atoms with Crippen molar-refractivity contribution in [2.24, 2.45) is 4.99 Å². The van der Waals surface area contributed by atoms with E-state index in [-0.39, 0.29) is 36.7 Å². The van der Waals surface area contributed by atoms with Crippen molar-refractivity contribution in [3.8, 4) is 11.5 Å². The summed E-state index contributed by atoms with van der Waals surface area (Å²) in [6.45, 7) is 0. The largest absolute Gasteiger partial charge is 2.00 e. The molecule has 3 aromatic carbocycles. The minimum Gasteiger partial charge on any atom is -0.872 e. The molecule has 3 aromatic rings. The Labute approximate surface area is 200 Å². The summed E-state index contributed by atoms with van der Waals surface area (Å²) in [6, 6.07) is 20.1. The maximum atomic E-state index is 12.6. The van der Waals surface area contributed by atoms with Crippen LogP contribution in [0.4, 0.5) is 5.69 Å². The number of ether oxygens (including phenoxy) is 1. The van der Waals surface area contributed by atoms with E-state index < -0.39 is 5.92 Å². The molecule has 0 spiro atoms. The van der Waals surface area contributed by atoms with Crippen molar-refractivity contribution in [3.63, 3.8) is 0 Å². The van der Waals surface area contributed by atoms with Crippen LogP contribution in [0.25, 0.3) is 5.41 Å². The molecule has 0 radical (unpaired) electrons. The van der Waals surface area contributed by atoms with E-state index in [0.29, 0.717) is 16.9 Å². The van der Waals surface area contributed by atoms with Gasteiger partial charge < -0.3 is 15.3 Å². The minimum absolute atomic E-state index is 0. The summed E-state index contributed by atoms with van der Waals surface area (Å²) < 4.78 is 6.46. The van der Waals surface area contributed by atoms with Crippen LogP contribution in [0.3, 0.4) is 0 Å². The molecule has 1 aliphatic heterocycles. The predicted octanol–water partition coefficient (Wildman–Crippen LogP) is 4.78. The Hall–Kier alpha value is -2.60. The third kappa shape index (κ3) is 4.29. The average molecular weight is 557 g/mol. The van der Waals surface area contributed by atoms with Crippen molar-refractivity contribution in [3.05, 3.63) is 98.0 Å². The molecule has 1 aliphatic rings. The molecule has 1 atom stereocenters. The Kier molecular flexibility index (Phi) is 6.98. The van der Waals surface area contributed by atoms with E-state index in [4.69, 9.17) is 10.1 Å². The zero-order valence-corrected chi connectivity index (χ0v) is 20.9. The van der Waals surface area contributed by atoms with Crippen LogP contribution in [-0.4, -0.2) is 18.0 Å². The fraction of sp³-hybridized carbons (Fsp3) is 0.0435. The van der Waals surface area contributed by atoms with Crippen LogP contribution in [-0.2, 0) is 19.5 Å². The minimum atomic E-state index is -0.470. The van der Waals surface area contributed by atoms with E-state index in [1.165, 1.54) is 12.3 Å². The van der Waals surface area contributed by atoms with Crippen LogP contribution in [0, 0.1) is 8.98 Å². The molecule has 0 amide bonds. The molecule has 0 fully saturated rings. The SMILES string of the molecule is [N-]=C=C1C(=N)Oc2cc([O-])c(C=Nc3ccccc3I)cc2C1c1ccccc1.[Zn+2]. The number of rotatable bonds is 3. The Morgan fingerprint density at radius 1 is 1.10 bits per heavy atom. The number of fused-ring (bicyclic) bond motifs is 1. The first-order chi connectivity index (χ1) is 14.1. The van der Waals surface area contributed by atoms with Crippen molar-refractivity contribution in [1.29, 1.82) is 5.41 Å². The molecule has 1 N–H and O–H groups in total. The molecule has 4 rings (SSSR count). The second-order valence-electron chi connectivity index (χ2n) is 6.44. The van der Waals surface area contributed by atoms with Crippen LogP contribution in [0.1, 0.15) is 22.6 Å². The molecule has 0 saturated heterocycles. The van der Waals surface area contributed by atoms with Gasteiger partial charge >= 0.3 is 19.5 Å². The monoisotopic (exact) mass is 555 g/mol. The molecule has 0 bridgehead atoms. The van der Waals surface area contributed by atoms with Crippen LogP contribution in [0.5, 0.6) is 11.5 Å². The van der Waals surface area contributed by atoms with E-state index in [2.05, 4.69) is 33.5 Å². The zero-order valence-electron chi connectivity index (χ0n) is 15.8. The molecule has 0 saturated carbocycles. The zero-order chi connectivity index (χ0) is 20.4. The average Bonchev–Trinajstić information content (AvgIpc) is 2.73. The summed E-state index contributed by atoms with van der Waals surface area (Å²) in [5.41, 5.74) is 2.92. The normalized spacial score (nSPS) is 15.2. The summed E-state index contributed by atoms with van der Waals surface area (Å²) in [6.07, 6.45) is 1.54. The summed E-state index contributed by atoms with van der Waals surface area (Å²) in [5.74, 6) is 1.45. The number of nitrogens with zero attached hydrogens (tertiary/aromatic N) is 2. The van der Waals surface area contributed by atoms with Gasteiger partial charge in [0.25, 0.3) is 0 Å². The fourth-order valence-electron chi connectivity index (χ4n) is 3.26. The first-order valence-corrected chi connectivity index (χ1v) is 9.88. The Morgan fingerprint density at radius 2 is 1.80 bits per heavy atom. The Balaban J connectivity index is 0.00000256. The van der Waals surface area contributed by atoms with E-state index in [1.54, 1.807) is 6.07 Å². The van der Waals surface area contributed by atoms with Gasteiger partial charge in [-0.05, 0) is 58.0 Å². The number of nitrogens with one attached hydrogen (secondary N) is 1. The van der Waals surface area contributed by atoms with Crippen LogP contribution in [0.2, 0.25) is 0 Å². The van der Waals surface area contributed by atoms with E-state index in [1.807, 2.05) is 54.6 Å². The number of halogens is 1.